The molecule has 8 heterocycles. The zero-order valence-electron chi connectivity index (χ0n) is 83.1. The number of rotatable bonds is 10. The number of aryl methyl sites for hydroxylation is 4. The molecule has 1 saturated carbocycles. The molecule has 746 valence electrons. The Bertz CT molecular complexity index is 7890. The fourth-order valence-corrected chi connectivity index (χ4v) is 24.5. The number of cyclic esters (lactones) is 1. The molecule has 10 N–H and O–H groups in total. The number of ketones is 7. The average molecular weight is 1990 g/mol. The van der Waals surface area contributed by atoms with E-state index >= 15 is 0 Å². The van der Waals surface area contributed by atoms with Crippen LogP contribution in [0.5, 0.6) is 17.2 Å². The van der Waals surface area contributed by atoms with E-state index in [2.05, 4.69) is 133 Å². The molecule has 0 radical (unpaired) electrons. The summed E-state index contributed by atoms with van der Waals surface area (Å²) in [6, 6.07) is 24.4. The van der Waals surface area contributed by atoms with Crippen LogP contribution in [0.1, 0.15) is 246 Å². The third-order valence-corrected chi connectivity index (χ3v) is 31.7. The average Bonchev–Trinajstić information content (AvgIpc) is 1.47. The zero-order chi connectivity index (χ0) is 106. The molecule has 27 heteroatoms. The first-order chi connectivity index (χ1) is 71.3. The molecule has 17 aliphatic rings. The molecule has 8 aliphatic heterocycles. The number of aromatic hydroxyl groups is 3. The molecule has 0 spiro atoms. The second kappa shape index (κ2) is 36.4. The zero-order valence-corrected chi connectivity index (χ0v) is 83.1. The standard InChI is InChI=1S/C33H27NO7.C29H23NO5.C28H21NO6.C21H20O3.C11H9NO2/c1-5-15-40-31(39)34-24-11-9-7-8-10-12-25(36)33(32(24,41-33)18(3)4)22-17-23(35)26-27(28(22)34)29(37)20-14-13-19(6-2)16-21(20)30(26)38;1-4-16-11-12-17-18(13-16)27(34)23-20(31)14-19-25(24(23)26(17)33)30-21-9-7-5-6-8-10-22(32)29(19)28(21,35-29)15(2)3;1-3-15-10-11-16-17(12-15)26(34)22-19(31)13-18-24(23(22)25(16)33)29-20-8-6-4-5-7-9-21(32)28(18)27(20,35-28)14(2)30;1-14(2)20-15-8-6-4-5-7-9-18(23)21(20,24-20)17-12-16(22)10-11-19(17,3)13-15;1-2-7-3-4-8-9(5-7)11(13)14-10(8)6-12/h5,7-8,13-14,16-18,24-25,35-36H,1,6,15H2,2-4H3;5-6,11-15,21-22,30-32H,4H2,1-3H3;4-5,10-14,20-21,29-32H,3H2,1-2H3;4-5,10-12,14-15,18,23H,13H2,1-3H3;3-5,10H,2H2,1H3/b8-7-;6-5-;2*5-4-;/t24-,25+,32-,33-;21-,22+,28-,29-;14-,20+,21-,27+,28+;15-,18-,19+,20+,21+;/m0011./s1. The van der Waals surface area contributed by atoms with Crippen LogP contribution in [0.3, 0.4) is 0 Å². The summed E-state index contributed by atoms with van der Waals surface area (Å²) in [4.78, 5) is 121. The van der Waals surface area contributed by atoms with Crippen molar-refractivity contribution >= 4 is 69.6 Å². The molecule has 8 bridgehead atoms. The number of hydrogen-bond donors (Lipinski definition) is 10. The molecule has 9 aliphatic carbocycles. The highest BCUT2D eigenvalue weighted by Gasteiger charge is 2.87. The van der Waals surface area contributed by atoms with E-state index in [0.717, 1.165) is 40.7 Å². The minimum atomic E-state index is -1.57. The van der Waals surface area contributed by atoms with Gasteiger partial charge in [-0.05, 0) is 188 Å². The molecule has 7 aromatic rings. The van der Waals surface area contributed by atoms with Gasteiger partial charge in [0, 0.05) is 61.0 Å². The summed E-state index contributed by atoms with van der Waals surface area (Å²) in [6.45, 7) is 26.8. The number of aliphatic hydroxyl groups excluding tert-OH is 5. The first-order valence-corrected chi connectivity index (χ1v) is 49.4. The van der Waals surface area contributed by atoms with Crippen molar-refractivity contribution in [2.45, 2.75) is 215 Å². The Labute approximate surface area is 859 Å². The Balaban J connectivity index is 0.000000116. The largest absolute Gasteiger partial charge is 0.507 e. The summed E-state index contributed by atoms with van der Waals surface area (Å²) >= 11 is 0. The van der Waals surface area contributed by atoms with Crippen molar-refractivity contribution in [2.24, 2.45) is 29.1 Å². The van der Waals surface area contributed by atoms with Gasteiger partial charge in [-0.1, -0.05) is 238 Å². The number of carbonyl (C=O) groups is 9. The molecule has 27 nitrogen and oxygen atoms in total. The maximum Gasteiger partial charge on any atom is 0.415 e. The van der Waals surface area contributed by atoms with Crippen molar-refractivity contribution in [3.63, 3.8) is 0 Å². The number of aliphatic hydroxyl groups is 5. The number of phenolic OH excluding ortho intramolecular Hbond substituents is 3. The minimum Gasteiger partial charge on any atom is -0.507 e. The van der Waals surface area contributed by atoms with Crippen molar-refractivity contribution in [1.29, 1.82) is 5.26 Å². The number of benzene rings is 7. The summed E-state index contributed by atoms with van der Waals surface area (Å²) in [5, 5.41) is 105. The van der Waals surface area contributed by atoms with Crippen LogP contribution in [0.15, 0.2) is 176 Å². The van der Waals surface area contributed by atoms with E-state index in [0.29, 0.717) is 41.6 Å². The van der Waals surface area contributed by atoms with Crippen LogP contribution in [0.25, 0.3) is 0 Å². The fraction of sp³-hybridized carbons (Fsp3) is 0.328. The third kappa shape index (κ3) is 14.2. The second-order valence-corrected chi connectivity index (χ2v) is 40.2. The van der Waals surface area contributed by atoms with Crippen molar-refractivity contribution in [2.75, 3.05) is 22.1 Å². The molecule has 0 aromatic heterocycles. The van der Waals surface area contributed by atoms with Crippen molar-refractivity contribution in [1.82, 2.24) is 0 Å². The highest BCUT2D eigenvalue weighted by molar-refractivity contribution is 6.34. The fourth-order valence-electron chi connectivity index (χ4n) is 24.5. The van der Waals surface area contributed by atoms with Crippen LogP contribution in [0, 0.1) is 135 Å². The summed E-state index contributed by atoms with van der Waals surface area (Å²) < 4.78 is 35.8. The number of allylic oxidation sites excluding steroid dienone is 11. The lowest BCUT2D eigenvalue weighted by Crippen LogP contribution is -2.59. The molecular formula is C122H100N4O23. The first-order valence-electron chi connectivity index (χ1n) is 49.4. The van der Waals surface area contributed by atoms with Gasteiger partial charge < -0.3 is 79.9 Å². The number of anilines is 3. The second-order valence-electron chi connectivity index (χ2n) is 40.2. The summed E-state index contributed by atoms with van der Waals surface area (Å²) in [5.41, 5.74) is -1.89. The van der Waals surface area contributed by atoms with Crippen LogP contribution in [0.4, 0.5) is 21.9 Å². The van der Waals surface area contributed by atoms with Gasteiger partial charge in [0.25, 0.3) is 0 Å². The minimum absolute atomic E-state index is 0.00428. The maximum absolute atomic E-state index is 14.2. The van der Waals surface area contributed by atoms with Gasteiger partial charge in [-0.15, -0.1) is 0 Å². The predicted molar refractivity (Wildman–Crippen MR) is 545 cm³/mol. The lowest BCUT2D eigenvalue weighted by Gasteiger charge is -2.45. The number of amides is 1. The number of hydrogen-bond acceptors (Lipinski definition) is 26. The number of nitrogens with zero attached hydrogens (tertiary/aromatic N) is 2. The van der Waals surface area contributed by atoms with Gasteiger partial charge in [0.05, 0.1) is 68.0 Å². The number of nitrogens with one attached hydrogen (secondary N) is 2. The van der Waals surface area contributed by atoms with Crippen molar-refractivity contribution in [3.05, 3.63) is 293 Å². The van der Waals surface area contributed by atoms with Crippen molar-refractivity contribution < 1.29 is 112 Å². The van der Waals surface area contributed by atoms with Crippen molar-refractivity contribution in [3.8, 4) is 118 Å². The van der Waals surface area contributed by atoms with Gasteiger partial charge in [-0.25, -0.2) is 9.59 Å². The van der Waals surface area contributed by atoms with Gasteiger partial charge in [-0.2, -0.15) is 5.26 Å². The predicted octanol–water partition coefficient (Wildman–Crippen LogP) is 12.9. The highest BCUT2D eigenvalue weighted by Crippen LogP contribution is 2.75. The lowest BCUT2D eigenvalue weighted by atomic mass is 9.54. The van der Waals surface area contributed by atoms with E-state index in [4.69, 9.17) is 33.7 Å². The van der Waals surface area contributed by atoms with E-state index in [1.807, 2.05) is 79.7 Å². The van der Waals surface area contributed by atoms with Gasteiger partial charge in [0.15, 0.2) is 92.9 Å². The Morgan fingerprint density at radius 3 is 1.30 bits per heavy atom. The highest BCUT2D eigenvalue weighted by atomic mass is 16.7. The number of phenols is 3. The van der Waals surface area contributed by atoms with E-state index < -0.39 is 146 Å². The summed E-state index contributed by atoms with van der Waals surface area (Å²) in [5.74, 6) is 42.0. The Morgan fingerprint density at radius 2 is 0.852 bits per heavy atom. The van der Waals surface area contributed by atoms with Crippen LogP contribution < -0.4 is 15.5 Å². The number of nitriles is 1. The van der Waals surface area contributed by atoms with E-state index in [9.17, 15) is 84.0 Å². The number of esters is 1. The Kier molecular flexibility index (Phi) is 24.5. The summed E-state index contributed by atoms with van der Waals surface area (Å²) in [6.07, 6.45) is 15.1. The monoisotopic (exact) mass is 1990 g/mol. The molecular weight excluding hydrogens is 1890 g/mol. The molecule has 19 atom stereocenters. The molecule has 4 saturated heterocycles. The Hall–Kier alpha value is -16.2. The summed E-state index contributed by atoms with van der Waals surface area (Å²) in [7, 11) is 0. The van der Waals surface area contributed by atoms with Crippen LogP contribution >= 0.6 is 0 Å². The quantitative estimate of drug-likeness (QED) is 0.0200. The number of fused-ring (bicyclic) bond motifs is 14. The molecule has 1 unspecified atom stereocenters. The Morgan fingerprint density at radius 1 is 0.477 bits per heavy atom. The van der Waals surface area contributed by atoms with Crippen LogP contribution in [0.2, 0.25) is 0 Å². The SMILES string of the molecule is C=CCOC(=O)N1c2c(cc(O)c3c2C(=O)c2ccc(CC)cc2C3=O)[C@@]23O[C@@]2(C(C)C)[C@@H]1C#C/C=C\C#C[C@H]3O.CC(C)[C@@]12O[C@]13C1=CC(=O)C=C[C@@]1(C)C[C@H]2C#C/C=C\C#C[C@H]3O.CCc1ccc2c(c1)C(=O)OC2C#N.CCc1ccc2c(c1)C(=O)c1c(O)cc3c(c1C2=O)N[C@H]1C#C/C=C\C#C[C@@H](O)[C@@]32O[C@@]12C(C)C.CCc1ccc2c(c1)C(=O)c1c(O)cc3c(c1C2=O)N[C@H]1C#C/C=C\C#C[C@@H](O)[C@@]32O[C@@]12[C@@H](C)O. The number of ether oxygens (including phenoxy) is 6. The number of epoxide rings is 4. The molecule has 1 amide bonds. The van der Waals surface area contributed by atoms with E-state index in [1.165, 1.54) is 60.4 Å². The van der Waals surface area contributed by atoms with E-state index in [1.54, 1.807) is 97.1 Å². The normalized spacial score (nSPS) is 30.7. The molecule has 5 fully saturated rings. The molecule has 24 rings (SSSR count). The third-order valence-electron chi connectivity index (χ3n) is 31.7. The van der Waals surface area contributed by atoms with Gasteiger partial charge in [0.2, 0.25) is 6.10 Å². The molecule has 7 aromatic carbocycles. The van der Waals surface area contributed by atoms with E-state index in [-0.39, 0.29) is 148 Å². The first kappa shape index (κ1) is 100. The van der Waals surface area contributed by atoms with Crippen LogP contribution in [-0.4, -0.2) is 177 Å². The number of carbonyl (C=O) groups excluding carboxylic acids is 9. The van der Waals surface area contributed by atoms with Gasteiger partial charge in [-0.3, -0.25) is 38.5 Å². The van der Waals surface area contributed by atoms with Gasteiger partial charge in [0.1, 0.15) is 64.9 Å². The lowest BCUT2D eigenvalue weighted by molar-refractivity contribution is -0.110. The van der Waals surface area contributed by atoms with Crippen LogP contribution in [-0.2, 0) is 75.7 Å². The smallest absolute Gasteiger partial charge is 0.415 e. The molecule has 149 heavy (non-hydrogen) atoms. The van der Waals surface area contributed by atoms with Gasteiger partial charge >= 0.3 is 12.1 Å². The topological polar surface area (TPSA) is 435 Å². The maximum atomic E-state index is 14.2.